The van der Waals surface area contributed by atoms with Crippen molar-refractivity contribution in [3.8, 4) is 0 Å². The van der Waals surface area contributed by atoms with Gasteiger partial charge in [-0.15, -0.1) is 0 Å². The maximum absolute atomic E-state index is 9.75. The van der Waals surface area contributed by atoms with E-state index in [1.165, 1.54) is 30.3 Å². The lowest BCUT2D eigenvalue weighted by molar-refractivity contribution is -0.598. The average molecular weight is 503 g/mol. The van der Waals surface area contributed by atoms with Crippen LogP contribution in [0.15, 0.2) is 34.8 Å². The summed E-state index contributed by atoms with van der Waals surface area (Å²) in [5.41, 5.74) is 5.58. The number of halogens is 6. The Hall–Kier alpha value is -0.565. The van der Waals surface area contributed by atoms with E-state index >= 15 is 0 Å². The highest BCUT2D eigenvalue weighted by molar-refractivity contribution is 9.10. The molecule has 126 valence electrons. The second-order valence-corrected chi connectivity index (χ2v) is 8.91. The normalized spacial score (nSPS) is 11.0. The number of hydrogen-bond acceptors (Lipinski definition) is 0. The molecule has 0 bridgehead atoms. The summed E-state index contributed by atoms with van der Waals surface area (Å²) in [7, 11) is -6.00. The molecule has 0 radical (unpaired) electrons. The quantitative estimate of drug-likeness (QED) is 0.336. The van der Waals surface area contributed by atoms with Gasteiger partial charge in [0.1, 0.15) is 0 Å². The van der Waals surface area contributed by atoms with Crippen LogP contribution in [0.3, 0.4) is 0 Å². The monoisotopic (exact) mass is 502 g/mol. The fourth-order valence-electron chi connectivity index (χ4n) is 2.09. The van der Waals surface area contributed by atoms with E-state index in [-0.39, 0.29) is 21.2 Å². The van der Waals surface area contributed by atoms with Gasteiger partial charge in [-0.3, -0.25) is 0 Å². The minimum Gasteiger partial charge on any atom is -0.418 e. The summed E-state index contributed by atoms with van der Waals surface area (Å²) in [4.78, 5) is 0. The van der Waals surface area contributed by atoms with Crippen molar-refractivity contribution in [3.63, 3.8) is 0 Å². The molecular weight excluding hydrogens is 486 g/mol. The highest BCUT2D eigenvalue weighted by Crippen LogP contribution is 2.14. The fourth-order valence-corrected chi connectivity index (χ4v) is 5.10. The Morgan fingerprint density at radius 3 is 1.74 bits per heavy atom. The van der Waals surface area contributed by atoms with Crippen LogP contribution in [-0.2, 0) is 0 Å². The maximum atomic E-state index is 9.75. The number of hydrogen-bond donors (Lipinski definition) is 0. The largest absolute Gasteiger partial charge is 0.673 e. The first-order valence-corrected chi connectivity index (χ1v) is 9.78. The van der Waals surface area contributed by atoms with Crippen molar-refractivity contribution in [1.29, 1.82) is 0 Å². The molecule has 0 aliphatic carbocycles. The van der Waals surface area contributed by atoms with E-state index in [0.29, 0.717) is 0 Å². The first-order valence-electron chi connectivity index (χ1n) is 6.83. The van der Waals surface area contributed by atoms with E-state index in [9.17, 15) is 17.3 Å². The molecule has 0 aliphatic heterocycles. The molecular formula is C16H17BBrF4I. The Bertz CT molecular complexity index is 657. The summed E-state index contributed by atoms with van der Waals surface area (Å²) in [5, 5.41) is 0. The van der Waals surface area contributed by atoms with Gasteiger partial charge in [-0.05, 0) is 51.5 Å². The Morgan fingerprint density at radius 1 is 0.826 bits per heavy atom. The molecule has 0 spiro atoms. The lowest BCUT2D eigenvalue weighted by Gasteiger charge is -2.01. The van der Waals surface area contributed by atoms with Crippen LogP contribution in [0.25, 0.3) is 0 Å². The topological polar surface area (TPSA) is 0 Å². The third kappa shape index (κ3) is 7.70. The predicted octanol–water partition coefficient (Wildman–Crippen LogP) is 3.11. The van der Waals surface area contributed by atoms with Crippen molar-refractivity contribution in [2.75, 3.05) is 0 Å². The third-order valence-electron chi connectivity index (χ3n) is 2.90. The van der Waals surface area contributed by atoms with Crippen molar-refractivity contribution >= 4 is 23.2 Å². The van der Waals surface area contributed by atoms with Gasteiger partial charge >= 0.3 is 28.5 Å². The van der Waals surface area contributed by atoms with Crippen LogP contribution < -0.4 is 21.2 Å². The summed E-state index contributed by atoms with van der Waals surface area (Å²) in [6, 6.07) is 11.3. The molecule has 2 aromatic carbocycles. The second-order valence-electron chi connectivity index (χ2n) is 5.20. The smallest absolute Gasteiger partial charge is 0.418 e. The van der Waals surface area contributed by atoms with Gasteiger partial charge in [0.25, 0.3) is 0 Å². The molecule has 0 atom stereocenters. The van der Waals surface area contributed by atoms with E-state index in [1.54, 1.807) is 3.57 Å². The standard InChI is InChI=1S/C16H17BrI.BF4/c1-10-7-12(3)16(13(4)8-10)18-14-5-6-15(17)11(2)9-14;2-1(3,4)5/h5-9H,1-4H3;/q+1;-1. The number of benzene rings is 2. The van der Waals surface area contributed by atoms with E-state index < -0.39 is 7.25 Å². The van der Waals surface area contributed by atoms with E-state index in [2.05, 4.69) is 74.0 Å². The molecule has 0 saturated carbocycles. The van der Waals surface area contributed by atoms with Crippen LogP contribution in [0.5, 0.6) is 0 Å². The van der Waals surface area contributed by atoms with Crippen LogP contribution in [0.4, 0.5) is 17.3 Å². The zero-order valence-corrected chi connectivity index (χ0v) is 17.0. The summed E-state index contributed by atoms with van der Waals surface area (Å²) in [6.07, 6.45) is 0. The molecule has 0 fully saturated rings. The molecule has 23 heavy (non-hydrogen) atoms. The fraction of sp³-hybridized carbons (Fsp3) is 0.250. The first kappa shape index (κ1) is 20.5. The predicted molar refractivity (Wildman–Crippen MR) is 87.1 cm³/mol. The van der Waals surface area contributed by atoms with Crippen LogP contribution in [0.1, 0.15) is 22.3 Å². The minimum atomic E-state index is -6.00. The van der Waals surface area contributed by atoms with Gasteiger partial charge in [0.2, 0.25) is 0 Å². The van der Waals surface area contributed by atoms with Crippen molar-refractivity contribution in [3.05, 3.63) is 64.2 Å². The summed E-state index contributed by atoms with van der Waals surface area (Å²) in [5.74, 6) is 0. The SMILES string of the molecule is Cc1cc(C)c([I+]c2ccc(Br)c(C)c2)c(C)c1.F[B-](F)(F)F. The molecule has 0 amide bonds. The highest BCUT2D eigenvalue weighted by Gasteiger charge is 2.22. The van der Waals surface area contributed by atoms with Crippen molar-refractivity contribution in [1.82, 2.24) is 0 Å². The van der Waals surface area contributed by atoms with Gasteiger partial charge in [0.15, 0.2) is 7.14 Å². The molecule has 0 aromatic heterocycles. The van der Waals surface area contributed by atoms with Gasteiger partial charge in [0, 0.05) is 15.6 Å². The van der Waals surface area contributed by atoms with Gasteiger partial charge in [-0.25, -0.2) is 0 Å². The van der Waals surface area contributed by atoms with Gasteiger partial charge in [0.05, 0.1) is 0 Å². The lowest BCUT2D eigenvalue weighted by atomic mass is 10.1. The molecule has 0 heterocycles. The molecule has 2 rings (SSSR count). The second kappa shape index (κ2) is 8.51. The average Bonchev–Trinajstić information content (AvgIpc) is 2.36. The van der Waals surface area contributed by atoms with Crippen molar-refractivity contribution < 1.29 is 38.5 Å². The molecule has 0 saturated heterocycles. The lowest BCUT2D eigenvalue weighted by Crippen LogP contribution is -3.62. The van der Waals surface area contributed by atoms with Gasteiger partial charge in [-0.2, -0.15) is 0 Å². The van der Waals surface area contributed by atoms with Gasteiger partial charge < -0.3 is 17.3 Å². The van der Waals surface area contributed by atoms with Crippen LogP contribution in [-0.4, -0.2) is 7.25 Å². The summed E-state index contributed by atoms with van der Waals surface area (Å²) in [6.45, 7) is 8.81. The molecule has 0 unspecified atom stereocenters. The minimum absolute atomic E-state index is 0.0779. The zero-order chi connectivity index (χ0) is 17.8. The maximum Gasteiger partial charge on any atom is 0.673 e. The highest BCUT2D eigenvalue weighted by atomic mass is 127. The Morgan fingerprint density at radius 2 is 1.30 bits per heavy atom. The first-order chi connectivity index (χ1) is 10.5. The molecule has 7 heteroatoms. The van der Waals surface area contributed by atoms with Crippen LogP contribution in [0, 0.1) is 34.8 Å². The van der Waals surface area contributed by atoms with Crippen molar-refractivity contribution in [2.24, 2.45) is 0 Å². The summed E-state index contributed by atoms with van der Waals surface area (Å²) >= 11 is 3.49. The zero-order valence-electron chi connectivity index (χ0n) is 13.2. The Labute approximate surface area is 153 Å². The van der Waals surface area contributed by atoms with Crippen molar-refractivity contribution in [2.45, 2.75) is 27.7 Å². The molecule has 0 nitrogen and oxygen atoms in total. The molecule has 0 N–H and O–H groups in total. The van der Waals surface area contributed by atoms with E-state index in [4.69, 9.17) is 0 Å². The summed E-state index contributed by atoms with van der Waals surface area (Å²) < 4.78 is 43.3. The van der Waals surface area contributed by atoms with Crippen LogP contribution in [0.2, 0.25) is 0 Å². The van der Waals surface area contributed by atoms with E-state index in [0.717, 1.165) is 0 Å². The Balaban J connectivity index is 0.000000463. The molecule has 0 aliphatic rings. The van der Waals surface area contributed by atoms with E-state index in [1.807, 2.05) is 0 Å². The Kier molecular flexibility index (Phi) is 7.58. The number of rotatable bonds is 2. The van der Waals surface area contributed by atoms with Gasteiger partial charge in [-0.1, -0.05) is 33.6 Å². The number of aryl methyl sites for hydroxylation is 4. The van der Waals surface area contributed by atoms with Crippen LogP contribution >= 0.6 is 15.9 Å². The third-order valence-corrected chi connectivity index (χ3v) is 7.33. The molecule has 2 aromatic rings.